The zero-order valence-corrected chi connectivity index (χ0v) is 8.97. The molecule has 0 saturated heterocycles. The number of hydrogen-bond acceptors (Lipinski definition) is 2. The molecule has 0 atom stereocenters. The van der Waals surface area contributed by atoms with Crippen molar-refractivity contribution in [3.63, 3.8) is 0 Å². The molecule has 0 saturated carbocycles. The standard InChI is InChI=1S/C13H10FNO2/c14-12-7-6-11(13(9-12)15(16)17)8-10-4-2-1-3-5-10/h1-7,9H,8H2. The van der Waals surface area contributed by atoms with Crippen molar-refractivity contribution < 1.29 is 9.31 Å². The van der Waals surface area contributed by atoms with Crippen LogP contribution in [0.2, 0.25) is 0 Å². The molecule has 0 amide bonds. The van der Waals surface area contributed by atoms with Gasteiger partial charge in [0.25, 0.3) is 5.69 Å². The summed E-state index contributed by atoms with van der Waals surface area (Å²) < 4.78 is 12.9. The van der Waals surface area contributed by atoms with Gasteiger partial charge in [-0.3, -0.25) is 10.1 Å². The van der Waals surface area contributed by atoms with Crippen LogP contribution in [-0.4, -0.2) is 4.92 Å². The number of nitro benzene ring substituents is 1. The molecule has 0 heterocycles. The summed E-state index contributed by atoms with van der Waals surface area (Å²) in [5.74, 6) is -0.589. The second kappa shape index (κ2) is 4.74. The zero-order valence-electron chi connectivity index (χ0n) is 8.97. The molecule has 0 aliphatic rings. The lowest BCUT2D eigenvalue weighted by molar-refractivity contribution is -0.385. The first-order chi connectivity index (χ1) is 8.16. The molecule has 2 aromatic carbocycles. The van der Waals surface area contributed by atoms with Crippen LogP contribution in [-0.2, 0) is 6.42 Å². The van der Waals surface area contributed by atoms with Crippen molar-refractivity contribution in [1.29, 1.82) is 0 Å². The Morgan fingerprint density at radius 2 is 1.82 bits per heavy atom. The highest BCUT2D eigenvalue weighted by atomic mass is 19.1. The molecule has 0 aliphatic heterocycles. The number of nitro groups is 1. The molecule has 3 nitrogen and oxygen atoms in total. The Morgan fingerprint density at radius 1 is 1.12 bits per heavy atom. The fraction of sp³-hybridized carbons (Fsp3) is 0.0769. The summed E-state index contributed by atoms with van der Waals surface area (Å²) in [5, 5.41) is 10.8. The fourth-order valence-electron chi connectivity index (χ4n) is 1.67. The van der Waals surface area contributed by atoms with E-state index < -0.39 is 10.7 Å². The molecular formula is C13H10FNO2. The summed E-state index contributed by atoms with van der Waals surface area (Å²) in [4.78, 5) is 10.2. The summed E-state index contributed by atoms with van der Waals surface area (Å²) in [6, 6.07) is 13.0. The van der Waals surface area contributed by atoms with E-state index in [1.807, 2.05) is 30.3 Å². The Kier molecular flexibility index (Phi) is 3.14. The normalized spacial score (nSPS) is 10.2. The van der Waals surface area contributed by atoms with Gasteiger partial charge in [0.2, 0.25) is 0 Å². The van der Waals surface area contributed by atoms with Gasteiger partial charge in [0.05, 0.1) is 11.0 Å². The highest BCUT2D eigenvalue weighted by Gasteiger charge is 2.14. The summed E-state index contributed by atoms with van der Waals surface area (Å²) in [6.45, 7) is 0. The maximum Gasteiger partial charge on any atom is 0.275 e. The quantitative estimate of drug-likeness (QED) is 0.600. The summed E-state index contributed by atoms with van der Waals surface area (Å²) in [6.07, 6.45) is 0.428. The Morgan fingerprint density at radius 3 is 2.47 bits per heavy atom. The minimum absolute atomic E-state index is 0.172. The molecule has 0 radical (unpaired) electrons. The average Bonchev–Trinajstić information content (AvgIpc) is 2.32. The average molecular weight is 231 g/mol. The molecule has 0 spiro atoms. The first kappa shape index (κ1) is 11.3. The lowest BCUT2D eigenvalue weighted by atomic mass is 10.0. The van der Waals surface area contributed by atoms with Crippen LogP contribution >= 0.6 is 0 Å². The molecule has 0 bridgehead atoms. The van der Waals surface area contributed by atoms with E-state index >= 15 is 0 Å². The van der Waals surface area contributed by atoms with E-state index in [-0.39, 0.29) is 5.69 Å². The van der Waals surface area contributed by atoms with E-state index in [4.69, 9.17) is 0 Å². The van der Waals surface area contributed by atoms with Crippen molar-refractivity contribution in [2.45, 2.75) is 6.42 Å². The van der Waals surface area contributed by atoms with Crippen molar-refractivity contribution in [2.24, 2.45) is 0 Å². The number of rotatable bonds is 3. The van der Waals surface area contributed by atoms with E-state index in [9.17, 15) is 14.5 Å². The lowest BCUT2D eigenvalue weighted by Gasteiger charge is -2.03. The van der Waals surface area contributed by atoms with Gasteiger partial charge in [-0.15, -0.1) is 0 Å². The minimum Gasteiger partial charge on any atom is -0.258 e. The molecule has 0 unspecified atom stereocenters. The van der Waals surface area contributed by atoms with Crippen LogP contribution in [0.1, 0.15) is 11.1 Å². The van der Waals surface area contributed by atoms with Crippen LogP contribution in [0, 0.1) is 15.9 Å². The first-order valence-corrected chi connectivity index (χ1v) is 5.13. The molecule has 2 rings (SSSR count). The highest BCUT2D eigenvalue weighted by Crippen LogP contribution is 2.22. The summed E-state index contributed by atoms with van der Waals surface area (Å²) >= 11 is 0. The predicted octanol–water partition coefficient (Wildman–Crippen LogP) is 3.32. The van der Waals surface area contributed by atoms with E-state index in [0.29, 0.717) is 12.0 Å². The van der Waals surface area contributed by atoms with Crippen molar-refractivity contribution in [2.75, 3.05) is 0 Å². The van der Waals surface area contributed by atoms with Gasteiger partial charge in [0.1, 0.15) is 5.82 Å². The lowest BCUT2D eigenvalue weighted by Crippen LogP contribution is -1.97. The van der Waals surface area contributed by atoms with Gasteiger partial charge in [-0.2, -0.15) is 0 Å². The topological polar surface area (TPSA) is 43.1 Å². The molecule has 0 N–H and O–H groups in total. The second-order valence-corrected chi connectivity index (χ2v) is 3.69. The monoisotopic (exact) mass is 231 g/mol. The van der Waals surface area contributed by atoms with Crippen LogP contribution in [0.25, 0.3) is 0 Å². The summed E-state index contributed by atoms with van der Waals surface area (Å²) in [5.41, 5.74) is 1.30. The first-order valence-electron chi connectivity index (χ1n) is 5.13. The van der Waals surface area contributed by atoms with Crippen LogP contribution in [0.3, 0.4) is 0 Å². The van der Waals surface area contributed by atoms with Crippen LogP contribution in [0.4, 0.5) is 10.1 Å². The predicted molar refractivity (Wildman–Crippen MR) is 62.3 cm³/mol. The molecule has 4 heteroatoms. The van der Waals surface area contributed by atoms with E-state index in [1.165, 1.54) is 12.1 Å². The smallest absolute Gasteiger partial charge is 0.258 e. The molecule has 17 heavy (non-hydrogen) atoms. The number of halogens is 1. The second-order valence-electron chi connectivity index (χ2n) is 3.69. The van der Waals surface area contributed by atoms with E-state index in [2.05, 4.69) is 0 Å². The molecule has 86 valence electrons. The van der Waals surface area contributed by atoms with Gasteiger partial charge in [0, 0.05) is 12.0 Å². The van der Waals surface area contributed by atoms with Crippen LogP contribution in [0.5, 0.6) is 0 Å². The van der Waals surface area contributed by atoms with Gasteiger partial charge in [-0.1, -0.05) is 30.3 Å². The highest BCUT2D eigenvalue weighted by molar-refractivity contribution is 5.43. The van der Waals surface area contributed by atoms with Crippen molar-refractivity contribution in [3.05, 3.63) is 75.6 Å². The van der Waals surface area contributed by atoms with Crippen molar-refractivity contribution in [1.82, 2.24) is 0 Å². The van der Waals surface area contributed by atoms with E-state index in [1.54, 1.807) is 0 Å². The molecule has 0 aromatic heterocycles. The van der Waals surface area contributed by atoms with Crippen molar-refractivity contribution >= 4 is 5.69 Å². The fourth-order valence-corrected chi connectivity index (χ4v) is 1.67. The zero-order chi connectivity index (χ0) is 12.3. The van der Waals surface area contributed by atoms with Gasteiger partial charge >= 0.3 is 0 Å². The van der Waals surface area contributed by atoms with Crippen LogP contribution in [0.15, 0.2) is 48.5 Å². The minimum atomic E-state index is -0.589. The number of nitrogens with zero attached hydrogens (tertiary/aromatic N) is 1. The maximum atomic E-state index is 12.9. The SMILES string of the molecule is O=[N+]([O-])c1cc(F)ccc1Cc1ccccc1. The Balaban J connectivity index is 2.36. The Labute approximate surface area is 97.7 Å². The van der Waals surface area contributed by atoms with Gasteiger partial charge < -0.3 is 0 Å². The third-order valence-corrected chi connectivity index (χ3v) is 2.48. The molecule has 2 aromatic rings. The molecular weight excluding hydrogens is 221 g/mol. The summed E-state index contributed by atoms with van der Waals surface area (Å²) in [7, 11) is 0. The van der Waals surface area contributed by atoms with Crippen molar-refractivity contribution in [3.8, 4) is 0 Å². The van der Waals surface area contributed by atoms with Gasteiger partial charge in [-0.25, -0.2) is 4.39 Å². The molecule has 0 fully saturated rings. The largest absolute Gasteiger partial charge is 0.275 e. The number of hydrogen-bond donors (Lipinski definition) is 0. The van der Waals surface area contributed by atoms with Gasteiger partial charge in [0.15, 0.2) is 0 Å². The maximum absolute atomic E-state index is 12.9. The Bertz CT molecular complexity index is 540. The number of benzene rings is 2. The third-order valence-electron chi connectivity index (χ3n) is 2.48. The molecule has 0 aliphatic carbocycles. The van der Waals surface area contributed by atoms with E-state index in [0.717, 1.165) is 11.6 Å². The Hall–Kier alpha value is -2.23. The van der Waals surface area contributed by atoms with Gasteiger partial charge in [-0.05, 0) is 17.7 Å². The third kappa shape index (κ3) is 2.66. The van der Waals surface area contributed by atoms with Crippen LogP contribution < -0.4 is 0 Å².